The van der Waals surface area contributed by atoms with E-state index in [1.165, 1.54) is 12.1 Å². The van der Waals surface area contributed by atoms with Gasteiger partial charge in [-0.15, -0.1) is 24.0 Å². The summed E-state index contributed by atoms with van der Waals surface area (Å²) in [5.74, 6) is 3.52. The molecule has 0 aromatic heterocycles. The quantitative estimate of drug-likeness (QED) is 0.331. The van der Waals surface area contributed by atoms with Gasteiger partial charge in [0.15, 0.2) is 5.96 Å². The van der Waals surface area contributed by atoms with Crippen LogP contribution in [0.3, 0.4) is 0 Å². The molecule has 0 saturated carbocycles. The van der Waals surface area contributed by atoms with Crippen molar-refractivity contribution in [2.75, 3.05) is 51.8 Å². The van der Waals surface area contributed by atoms with E-state index in [1.54, 1.807) is 7.11 Å². The maximum absolute atomic E-state index is 6.13. The van der Waals surface area contributed by atoms with Gasteiger partial charge < -0.3 is 24.6 Å². The van der Waals surface area contributed by atoms with Gasteiger partial charge in [-0.2, -0.15) is 0 Å². The summed E-state index contributed by atoms with van der Waals surface area (Å²) in [4.78, 5) is 9.33. The van der Waals surface area contributed by atoms with Gasteiger partial charge >= 0.3 is 0 Å². The van der Waals surface area contributed by atoms with Gasteiger partial charge in [0, 0.05) is 52.6 Å². The van der Waals surface area contributed by atoms with Crippen LogP contribution in [0.25, 0.3) is 0 Å². The van der Waals surface area contributed by atoms with Gasteiger partial charge in [-0.25, -0.2) is 0 Å². The van der Waals surface area contributed by atoms with E-state index in [9.17, 15) is 0 Å². The molecule has 1 unspecified atom stereocenters. The normalized spacial score (nSPS) is 19.4. The number of aliphatic imine (C=N–C) groups is 1. The fourth-order valence-electron chi connectivity index (χ4n) is 4.55. The van der Waals surface area contributed by atoms with Crippen molar-refractivity contribution in [3.05, 3.63) is 54.6 Å². The topological polar surface area (TPSA) is 49.3 Å². The van der Waals surface area contributed by atoms with Gasteiger partial charge in [0.05, 0.1) is 12.8 Å². The Morgan fingerprint density at radius 3 is 2.44 bits per heavy atom. The summed E-state index contributed by atoms with van der Waals surface area (Å²) in [5.41, 5.74) is 1.19. The zero-order chi connectivity index (χ0) is 21.5. The van der Waals surface area contributed by atoms with Gasteiger partial charge in [-0.1, -0.05) is 30.3 Å². The lowest BCUT2D eigenvalue weighted by Gasteiger charge is -2.34. The first-order valence-electron chi connectivity index (χ1n) is 11.3. The van der Waals surface area contributed by atoms with Gasteiger partial charge in [0.25, 0.3) is 0 Å². The first kappa shape index (κ1) is 24.5. The second-order valence-electron chi connectivity index (χ2n) is 8.32. The lowest BCUT2D eigenvalue weighted by atomic mass is 10.1. The molecule has 0 radical (unpaired) electrons. The van der Waals surface area contributed by atoms with Crippen LogP contribution in [0.15, 0.2) is 59.6 Å². The molecule has 7 heteroatoms. The Hall–Kier alpha value is -2.16. The van der Waals surface area contributed by atoms with Gasteiger partial charge in [-0.05, 0) is 36.6 Å². The van der Waals surface area contributed by atoms with Crippen LogP contribution in [-0.2, 0) is 0 Å². The molecule has 2 saturated heterocycles. The predicted octanol–water partition coefficient (Wildman–Crippen LogP) is 4.26. The van der Waals surface area contributed by atoms with Crippen LogP contribution in [0.2, 0.25) is 0 Å². The first-order valence-corrected chi connectivity index (χ1v) is 11.3. The Kier molecular flexibility index (Phi) is 9.32. The number of guanidine groups is 1. The summed E-state index contributed by atoms with van der Waals surface area (Å²) < 4.78 is 11.7. The van der Waals surface area contributed by atoms with Crippen LogP contribution in [0.5, 0.6) is 11.5 Å². The van der Waals surface area contributed by atoms with Crippen molar-refractivity contribution in [3.8, 4) is 11.5 Å². The van der Waals surface area contributed by atoms with E-state index < -0.39 is 0 Å². The number of hydrogen-bond acceptors (Lipinski definition) is 4. The molecule has 6 nitrogen and oxygen atoms in total. The number of rotatable bonds is 6. The molecule has 2 heterocycles. The monoisotopic (exact) mass is 550 g/mol. The zero-order valence-corrected chi connectivity index (χ0v) is 21.4. The summed E-state index contributed by atoms with van der Waals surface area (Å²) >= 11 is 0. The summed E-state index contributed by atoms with van der Waals surface area (Å²) in [5, 5.41) is 3.62. The Bertz CT molecular complexity index is 856. The number of ether oxygens (including phenoxy) is 2. The molecule has 2 aromatic rings. The van der Waals surface area contributed by atoms with E-state index in [1.807, 2.05) is 49.5 Å². The molecule has 0 amide bonds. The van der Waals surface area contributed by atoms with Crippen molar-refractivity contribution < 1.29 is 9.47 Å². The van der Waals surface area contributed by atoms with Crippen molar-refractivity contribution in [2.24, 2.45) is 10.9 Å². The molecule has 1 atom stereocenters. The molecule has 0 bridgehead atoms. The van der Waals surface area contributed by atoms with E-state index in [-0.39, 0.29) is 30.1 Å². The lowest BCUT2D eigenvalue weighted by Crippen LogP contribution is -2.48. The second kappa shape index (κ2) is 12.2. The fraction of sp³-hybridized carbons (Fsp3) is 0.480. The van der Waals surface area contributed by atoms with Crippen LogP contribution in [0.1, 0.15) is 19.3 Å². The maximum Gasteiger partial charge on any atom is 0.193 e. The van der Waals surface area contributed by atoms with Crippen molar-refractivity contribution in [2.45, 2.75) is 25.4 Å². The van der Waals surface area contributed by atoms with Crippen molar-refractivity contribution in [1.82, 2.24) is 10.2 Å². The highest BCUT2D eigenvalue weighted by molar-refractivity contribution is 14.0. The molecule has 0 spiro atoms. The SMILES string of the molecule is CN=C(NCC1CCN(c2ccccc2OC)C1)N1CCC(Oc2ccccc2)CC1.I. The Morgan fingerprint density at radius 2 is 1.72 bits per heavy atom. The summed E-state index contributed by atoms with van der Waals surface area (Å²) in [6.07, 6.45) is 3.48. The minimum Gasteiger partial charge on any atom is -0.495 e. The second-order valence-corrected chi connectivity index (χ2v) is 8.32. The van der Waals surface area contributed by atoms with E-state index in [4.69, 9.17) is 9.47 Å². The Labute approximate surface area is 209 Å². The number of anilines is 1. The molecule has 4 rings (SSSR count). The number of nitrogens with one attached hydrogen (secondary N) is 1. The Balaban J connectivity index is 0.00000289. The maximum atomic E-state index is 6.13. The predicted molar refractivity (Wildman–Crippen MR) is 142 cm³/mol. The van der Waals surface area contributed by atoms with Crippen LogP contribution >= 0.6 is 24.0 Å². The smallest absolute Gasteiger partial charge is 0.193 e. The number of para-hydroxylation sites is 3. The Morgan fingerprint density at radius 1 is 1.00 bits per heavy atom. The highest BCUT2D eigenvalue weighted by atomic mass is 127. The van der Waals surface area contributed by atoms with E-state index >= 15 is 0 Å². The summed E-state index contributed by atoms with van der Waals surface area (Å²) in [7, 11) is 3.62. The third kappa shape index (κ3) is 6.21. The standard InChI is InChI=1S/C25H34N4O2.HI/c1-26-25(28-16-13-22(14-17-28)31-21-8-4-3-5-9-21)27-18-20-12-15-29(19-20)23-10-6-7-11-24(23)30-2;/h3-11,20,22H,12-19H2,1-2H3,(H,26,27);1H. The average Bonchev–Trinajstić information content (AvgIpc) is 3.30. The minimum absolute atomic E-state index is 0. The third-order valence-electron chi connectivity index (χ3n) is 6.26. The molecule has 1 N–H and O–H groups in total. The molecule has 0 aliphatic carbocycles. The average molecular weight is 550 g/mol. The van der Waals surface area contributed by atoms with Crippen molar-refractivity contribution in [3.63, 3.8) is 0 Å². The molecular weight excluding hydrogens is 515 g/mol. The highest BCUT2D eigenvalue weighted by Crippen LogP contribution is 2.31. The van der Waals surface area contributed by atoms with E-state index in [2.05, 4.69) is 32.2 Å². The van der Waals surface area contributed by atoms with Crippen molar-refractivity contribution >= 4 is 35.6 Å². The molecule has 2 aromatic carbocycles. The van der Waals surface area contributed by atoms with Crippen LogP contribution < -0.4 is 19.7 Å². The summed E-state index contributed by atoms with van der Waals surface area (Å²) in [6, 6.07) is 18.4. The molecule has 2 fully saturated rings. The van der Waals surface area contributed by atoms with Gasteiger partial charge in [0.2, 0.25) is 0 Å². The van der Waals surface area contributed by atoms with Crippen LogP contribution in [-0.4, -0.2) is 63.8 Å². The number of methoxy groups -OCH3 is 1. The van der Waals surface area contributed by atoms with Crippen LogP contribution in [0, 0.1) is 5.92 Å². The van der Waals surface area contributed by atoms with E-state index in [0.717, 1.165) is 63.0 Å². The number of piperidine rings is 1. The number of benzene rings is 2. The molecular formula is C25H35IN4O2. The first-order chi connectivity index (χ1) is 15.3. The van der Waals surface area contributed by atoms with Gasteiger partial charge in [-0.3, -0.25) is 4.99 Å². The van der Waals surface area contributed by atoms with E-state index in [0.29, 0.717) is 5.92 Å². The highest BCUT2D eigenvalue weighted by Gasteiger charge is 2.26. The van der Waals surface area contributed by atoms with Crippen LogP contribution in [0.4, 0.5) is 5.69 Å². The summed E-state index contributed by atoms with van der Waals surface area (Å²) in [6.45, 7) is 4.98. The third-order valence-corrected chi connectivity index (χ3v) is 6.26. The largest absolute Gasteiger partial charge is 0.495 e. The van der Waals surface area contributed by atoms with Gasteiger partial charge in [0.1, 0.15) is 17.6 Å². The number of nitrogens with zero attached hydrogens (tertiary/aromatic N) is 3. The molecule has 2 aliphatic heterocycles. The minimum atomic E-state index is 0. The zero-order valence-electron chi connectivity index (χ0n) is 19.1. The van der Waals surface area contributed by atoms with Crippen molar-refractivity contribution in [1.29, 1.82) is 0 Å². The molecule has 2 aliphatic rings. The molecule has 174 valence electrons. The molecule has 32 heavy (non-hydrogen) atoms. The number of hydrogen-bond donors (Lipinski definition) is 1. The number of halogens is 1. The lowest BCUT2D eigenvalue weighted by molar-refractivity contribution is 0.129. The fourth-order valence-corrected chi connectivity index (χ4v) is 4.55. The number of likely N-dealkylation sites (tertiary alicyclic amines) is 1.